The highest BCUT2D eigenvalue weighted by Gasteiger charge is 2.41. The number of carbonyl (C=O) groups excluding carboxylic acids is 3. The van der Waals surface area contributed by atoms with E-state index in [1.165, 1.54) is 32.2 Å². The van der Waals surface area contributed by atoms with Gasteiger partial charge >= 0.3 is 5.97 Å². The Bertz CT molecular complexity index is 1130. The topological polar surface area (TPSA) is 138 Å². The van der Waals surface area contributed by atoms with E-state index >= 15 is 0 Å². The highest BCUT2D eigenvalue weighted by molar-refractivity contribution is 8.18. The molecule has 0 unspecified atom stereocenters. The first-order chi connectivity index (χ1) is 15.7. The Morgan fingerprint density at radius 1 is 1.27 bits per heavy atom. The average molecular weight is 473 g/mol. The number of carbonyl (C=O) groups is 3. The van der Waals surface area contributed by atoms with Gasteiger partial charge in [0.15, 0.2) is 11.5 Å². The Morgan fingerprint density at radius 2 is 2.03 bits per heavy atom. The monoisotopic (exact) mass is 473 g/mol. The summed E-state index contributed by atoms with van der Waals surface area (Å²) >= 11 is 0.718. The van der Waals surface area contributed by atoms with E-state index in [1.807, 2.05) is 0 Å². The number of nitrogens with zero attached hydrogens (tertiary/aromatic N) is 3. The van der Waals surface area contributed by atoms with Crippen LogP contribution in [-0.2, 0) is 14.3 Å². The van der Waals surface area contributed by atoms with Crippen LogP contribution in [0.1, 0.15) is 19.4 Å². The predicted octanol–water partition coefficient (Wildman–Crippen LogP) is 3.78. The third kappa shape index (κ3) is 5.29. The van der Waals surface area contributed by atoms with E-state index in [0.717, 1.165) is 22.9 Å². The van der Waals surface area contributed by atoms with E-state index in [0.29, 0.717) is 17.1 Å². The molecule has 0 N–H and O–H groups in total. The molecule has 3 rings (SSSR count). The maximum atomic E-state index is 12.7. The van der Waals surface area contributed by atoms with Crippen LogP contribution < -0.4 is 9.47 Å². The molecule has 12 heteroatoms. The van der Waals surface area contributed by atoms with Crippen LogP contribution >= 0.6 is 11.8 Å². The van der Waals surface area contributed by atoms with Gasteiger partial charge < -0.3 is 14.2 Å². The number of amides is 2. The summed E-state index contributed by atoms with van der Waals surface area (Å²) in [5, 5.41) is 10.2. The third-order valence-electron chi connectivity index (χ3n) is 4.47. The highest BCUT2D eigenvalue weighted by atomic mass is 32.2. The minimum atomic E-state index is -1.04. The fourth-order valence-electron chi connectivity index (χ4n) is 2.85. The van der Waals surface area contributed by atoms with Crippen LogP contribution in [0.15, 0.2) is 41.4 Å². The lowest BCUT2D eigenvalue weighted by Gasteiger charge is -2.19. The Labute approximate surface area is 192 Å². The molecule has 1 aliphatic heterocycles. The zero-order valence-electron chi connectivity index (χ0n) is 17.8. The van der Waals surface area contributed by atoms with Crippen LogP contribution in [0.3, 0.4) is 0 Å². The van der Waals surface area contributed by atoms with Gasteiger partial charge in [0, 0.05) is 12.1 Å². The van der Waals surface area contributed by atoms with Crippen LogP contribution in [0.5, 0.6) is 17.4 Å². The Balaban J connectivity index is 1.80. The number of rotatable bonds is 8. The molecule has 0 bridgehead atoms. The molecule has 0 radical (unpaired) electrons. The van der Waals surface area contributed by atoms with Gasteiger partial charge in [0.1, 0.15) is 12.2 Å². The molecule has 2 amide bonds. The number of aromatic nitrogens is 1. The molecule has 2 aromatic rings. The number of pyridine rings is 1. The van der Waals surface area contributed by atoms with Gasteiger partial charge in [-0.1, -0.05) is 6.07 Å². The molecule has 172 valence electrons. The largest absolute Gasteiger partial charge is 0.493 e. The molecule has 0 aliphatic carbocycles. The van der Waals surface area contributed by atoms with Crippen molar-refractivity contribution in [3.8, 4) is 17.4 Å². The van der Waals surface area contributed by atoms with Gasteiger partial charge in [0.2, 0.25) is 5.88 Å². The molecular weight excluding hydrogens is 454 g/mol. The molecule has 1 atom stereocenters. The number of hydrogen-bond donors (Lipinski definition) is 0. The summed E-state index contributed by atoms with van der Waals surface area (Å²) in [5.74, 6) is -0.534. The number of ether oxygens (including phenoxy) is 3. The average Bonchev–Trinajstić information content (AvgIpc) is 3.07. The standard InChI is InChI=1S/C21H19N3O8S/c1-4-31-20(26)12(2)23-19(25)17(33-21(23)27)10-13-5-7-15(16(9-13)30-3)32-18-8-6-14(11-22-18)24(28)29/h5-12H,4H2,1-3H3/b17-10+/t12-/m0/s1. The van der Waals surface area contributed by atoms with Gasteiger partial charge in [-0.3, -0.25) is 24.6 Å². The van der Waals surface area contributed by atoms with Crippen molar-refractivity contribution in [2.24, 2.45) is 0 Å². The van der Waals surface area contributed by atoms with Crippen molar-refractivity contribution in [1.29, 1.82) is 0 Å². The molecule has 1 aliphatic rings. The molecule has 2 heterocycles. The number of benzene rings is 1. The first-order valence-electron chi connectivity index (χ1n) is 9.65. The number of hydrogen-bond acceptors (Lipinski definition) is 10. The van der Waals surface area contributed by atoms with Crippen LogP contribution in [0.4, 0.5) is 10.5 Å². The molecular formula is C21H19N3O8S. The fourth-order valence-corrected chi connectivity index (χ4v) is 3.75. The molecule has 33 heavy (non-hydrogen) atoms. The van der Waals surface area contributed by atoms with E-state index in [9.17, 15) is 24.5 Å². The number of esters is 1. The van der Waals surface area contributed by atoms with Gasteiger partial charge in [0.05, 0.1) is 23.5 Å². The maximum absolute atomic E-state index is 12.7. The summed E-state index contributed by atoms with van der Waals surface area (Å²) < 4.78 is 15.9. The smallest absolute Gasteiger partial charge is 0.329 e. The van der Waals surface area contributed by atoms with Gasteiger partial charge in [-0.2, -0.15) is 0 Å². The summed E-state index contributed by atoms with van der Waals surface area (Å²) in [7, 11) is 1.42. The number of thioether (sulfide) groups is 1. The number of nitro groups is 1. The molecule has 0 spiro atoms. The van der Waals surface area contributed by atoms with Crippen molar-refractivity contribution in [3.05, 3.63) is 57.1 Å². The second-order valence-corrected chi connectivity index (χ2v) is 7.60. The summed E-state index contributed by atoms with van der Waals surface area (Å²) in [6.07, 6.45) is 2.57. The lowest BCUT2D eigenvalue weighted by molar-refractivity contribution is -0.385. The van der Waals surface area contributed by atoms with Crippen LogP contribution in [-0.4, -0.2) is 51.7 Å². The molecule has 1 aromatic carbocycles. The van der Waals surface area contributed by atoms with Crippen molar-refractivity contribution in [2.45, 2.75) is 19.9 Å². The van der Waals surface area contributed by atoms with E-state index < -0.39 is 28.1 Å². The van der Waals surface area contributed by atoms with Crippen molar-refractivity contribution in [3.63, 3.8) is 0 Å². The van der Waals surface area contributed by atoms with Crippen LogP contribution in [0.25, 0.3) is 6.08 Å². The molecule has 11 nitrogen and oxygen atoms in total. The van der Waals surface area contributed by atoms with E-state index in [2.05, 4.69) is 4.98 Å². The van der Waals surface area contributed by atoms with E-state index in [-0.39, 0.29) is 23.1 Å². The highest BCUT2D eigenvalue weighted by Crippen LogP contribution is 2.36. The normalized spacial score (nSPS) is 15.5. The fraction of sp³-hybridized carbons (Fsp3) is 0.238. The van der Waals surface area contributed by atoms with Crippen molar-refractivity contribution in [1.82, 2.24) is 9.88 Å². The number of imide groups is 1. The van der Waals surface area contributed by atoms with Gasteiger partial charge in [-0.05, 0) is 49.4 Å². The zero-order chi connectivity index (χ0) is 24.1. The summed E-state index contributed by atoms with van der Waals surface area (Å²) in [5.41, 5.74) is 0.376. The lowest BCUT2D eigenvalue weighted by atomic mass is 10.1. The third-order valence-corrected chi connectivity index (χ3v) is 5.35. The van der Waals surface area contributed by atoms with Gasteiger partial charge in [-0.25, -0.2) is 9.78 Å². The summed E-state index contributed by atoms with van der Waals surface area (Å²) in [6.45, 7) is 3.20. The summed E-state index contributed by atoms with van der Waals surface area (Å²) in [6, 6.07) is 6.36. The quantitative estimate of drug-likeness (QED) is 0.241. The minimum absolute atomic E-state index is 0.126. The van der Waals surface area contributed by atoms with Crippen molar-refractivity contribution >= 4 is 40.6 Å². The van der Waals surface area contributed by atoms with E-state index in [4.69, 9.17) is 14.2 Å². The molecule has 1 fully saturated rings. The van der Waals surface area contributed by atoms with Crippen molar-refractivity contribution in [2.75, 3.05) is 13.7 Å². The Morgan fingerprint density at radius 3 is 2.64 bits per heavy atom. The SMILES string of the molecule is CCOC(=O)[C@H](C)N1C(=O)S/C(=C/c2ccc(Oc3ccc([N+](=O)[O-])cn3)c(OC)c2)C1=O. The van der Waals surface area contributed by atoms with Crippen LogP contribution in [0.2, 0.25) is 0 Å². The Hall–Kier alpha value is -3.93. The van der Waals surface area contributed by atoms with Crippen molar-refractivity contribution < 1.29 is 33.5 Å². The second-order valence-electron chi connectivity index (χ2n) is 6.60. The Kier molecular flexibility index (Phi) is 7.28. The number of methoxy groups -OCH3 is 1. The second kappa shape index (κ2) is 10.1. The van der Waals surface area contributed by atoms with Crippen LogP contribution in [0, 0.1) is 10.1 Å². The maximum Gasteiger partial charge on any atom is 0.329 e. The summed E-state index contributed by atoms with van der Waals surface area (Å²) in [4.78, 5) is 52.0. The minimum Gasteiger partial charge on any atom is -0.493 e. The van der Waals surface area contributed by atoms with Gasteiger partial charge in [-0.15, -0.1) is 0 Å². The van der Waals surface area contributed by atoms with E-state index in [1.54, 1.807) is 25.1 Å². The zero-order valence-corrected chi connectivity index (χ0v) is 18.7. The molecule has 0 saturated carbocycles. The lowest BCUT2D eigenvalue weighted by Crippen LogP contribution is -2.42. The molecule has 1 saturated heterocycles. The predicted molar refractivity (Wildman–Crippen MR) is 118 cm³/mol. The first kappa shape index (κ1) is 23.7. The molecule has 1 aromatic heterocycles. The first-order valence-corrected chi connectivity index (χ1v) is 10.5. The van der Waals surface area contributed by atoms with Gasteiger partial charge in [0.25, 0.3) is 16.8 Å².